The van der Waals surface area contributed by atoms with Crippen LogP contribution in [-0.4, -0.2) is 0 Å². The van der Waals surface area contributed by atoms with Crippen LogP contribution < -0.4 is 9.80 Å². The summed E-state index contributed by atoms with van der Waals surface area (Å²) in [5.74, 6) is 0. The predicted molar refractivity (Wildman–Crippen MR) is 382 cm³/mol. The van der Waals surface area contributed by atoms with Gasteiger partial charge in [0.1, 0.15) is 0 Å². The summed E-state index contributed by atoms with van der Waals surface area (Å²) in [4.78, 5) is 4.90. The van der Waals surface area contributed by atoms with Crippen molar-refractivity contribution in [3.8, 4) is 33.4 Å². The number of thiophene rings is 2. The van der Waals surface area contributed by atoms with E-state index in [2.05, 4.69) is 337 Å². The number of anilines is 6. The molecule has 0 bridgehead atoms. The first-order valence-corrected chi connectivity index (χ1v) is 32.2. The van der Waals surface area contributed by atoms with Gasteiger partial charge in [0.15, 0.2) is 0 Å². The molecule has 0 spiro atoms. The van der Waals surface area contributed by atoms with E-state index in [0.29, 0.717) is 0 Å². The van der Waals surface area contributed by atoms with E-state index in [9.17, 15) is 0 Å². The average molecular weight is 1170 g/mol. The molecule has 0 saturated carbocycles. The summed E-state index contributed by atoms with van der Waals surface area (Å²) in [6, 6.07) is 122. The zero-order valence-corrected chi connectivity index (χ0v) is 50.0. The third-order valence-electron chi connectivity index (χ3n) is 18.6. The Morgan fingerprint density at radius 2 is 0.663 bits per heavy atom. The molecule has 1 aliphatic carbocycles. The van der Waals surface area contributed by atoms with Crippen LogP contribution >= 0.6 is 22.7 Å². The molecule has 2 aromatic heterocycles. The summed E-state index contributed by atoms with van der Waals surface area (Å²) in [5.41, 5.74) is 18.4. The second-order valence-corrected chi connectivity index (χ2v) is 25.5. The van der Waals surface area contributed by atoms with E-state index in [4.69, 9.17) is 0 Å². The van der Waals surface area contributed by atoms with Gasteiger partial charge in [0.05, 0.1) is 26.2 Å². The molecule has 416 valence electrons. The Morgan fingerprint density at radius 1 is 0.247 bits per heavy atom. The number of hydrogen-bond acceptors (Lipinski definition) is 4. The lowest BCUT2D eigenvalue weighted by Gasteiger charge is -2.35. The Morgan fingerprint density at radius 3 is 1.22 bits per heavy atom. The van der Waals surface area contributed by atoms with Crippen molar-refractivity contribution in [3.05, 3.63) is 350 Å². The standard InChI is InChI=1S/C85H54N2S2/c1-5-27-58(28-6-1)85(59-29-7-2-8-30-59)75-54-73(57-26-22-36-63(52-57)87(61-33-11-4-12-34-61)77-46-24-44-72-67-40-18-20-48-79(67)89-84(72)77)64-37-13-15-41-68(64)80(75)81-69-42-16-14-38-65(69)74-53-56(49-50-70(74)82(81)85)55-25-21-35-62(51-55)86(60-31-9-3-10-32-60)76-45-23-43-71-66-39-17-19-47-78(66)88-83(71)76/h1-54H. The molecule has 0 unspecified atom stereocenters. The lowest BCUT2D eigenvalue weighted by molar-refractivity contribution is 0.777. The quantitative estimate of drug-likeness (QED) is 0.126. The summed E-state index contributed by atoms with van der Waals surface area (Å²) in [5, 5.41) is 12.5. The number of fused-ring (bicyclic) bond motifs is 16. The molecule has 2 heterocycles. The largest absolute Gasteiger partial charge is 0.309 e. The molecule has 89 heavy (non-hydrogen) atoms. The molecular formula is C85H54N2S2. The third-order valence-corrected chi connectivity index (χ3v) is 21.1. The van der Waals surface area contributed by atoms with Crippen molar-refractivity contribution in [1.29, 1.82) is 0 Å². The van der Waals surface area contributed by atoms with Crippen molar-refractivity contribution in [1.82, 2.24) is 0 Å². The summed E-state index contributed by atoms with van der Waals surface area (Å²) in [7, 11) is 0. The molecule has 1 aliphatic rings. The Kier molecular flexibility index (Phi) is 11.9. The number of rotatable bonds is 10. The molecule has 17 aromatic rings. The van der Waals surface area contributed by atoms with E-state index in [1.807, 2.05) is 22.7 Å². The molecule has 4 heteroatoms. The second-order valence-electron chi connectivity index (χ2n) is 23.4. The summed E-state index contributed by atoms with van der Waals surface area (Å²) in [6.07, 6.45) is 0. The van der Waals surface area contributed by atoms with Gasteiger partial charge in [-0.2, -0.15) is 0 Å². The van der Waals surface area contributed by atoms with E-state index in [0.717, 1.165) is 39.6 Å². The number of benzene rings is 15. The van der Waals surface area contributed by atoms with Crippen molar-refractivity contribution < 1.29 is 0 Å². The van der Waals surface area contributed by atoms with Crippen LogP contribution in [0, 0.1) is 0 Å². The molecule has 2 nitrogen and oxygen atoms in total. The molecular weight excluding hydrogens is 1110 g/mol. The van der Waals surface area contributed by atoms with Gasteiger partial charge in [-0.15, -0.1) is 22.7 Å². The molecule has 0 saturated heterocycles. The van der Waals surface area contributed by atoms with Crippen molar-refractivity contribution >= 4 is 129 Å². The van der Waals surface area contributed by atoms with Gasteiger partial charge in [0.2, 0.25) is 0 Å². The fourth-order valence-electron chi connectivity index (χ4n) is 14.9. The Labute approximate surface area is 524 Å². The summed E-state index contributed by atoms with van der Waals surface area (Å²) in [6.45, 7) is 0. The highest BCUT2D eigenvalue weighted by atomic mass is 32.1. The van der Waals surface area contributed by atoms with Crippen molar-refractivity contribution in [2.24, 2.45) is 0 Å². The van der Waals surface area contributed by atoms with Gasteiger partial charge in [-0.1, -0.05) is 243 Å². The maximum absolute atomic E-state index is 2.58. The Hall–Kier alpha value is -10.9. The minimum atomic E-state index is -0.732. The normalized spacial score (nSPS) is 12.6. The lowest BCUT2D eigenvalue weighted by Crippen LogP contribution is -2.29. The fourth-order valence-corrected chi connectivity index (χ4v) is 17.4. The summed E-state index contributed by atoms with van der Waals surface area (Å²) >= 11 is 3.74. The van der Waals surface area contributed by atoms with Crippen LogP contribution in [0.2, 0.25) is 0 Å². The van der Waals surface area contributed by atoms with Crippen molar-refractivity contribution in [2.45, 2.75) is 5.41 Å². The highest BCUT2D eigenvalue weighted by Crippen LogP contribution is 2.63. The van der Waals surface area contributed by atoms with Crippen molar-refractivity contribution in [3.63, 3.8) is 0 Å². The third kappa shape index (κ3) is 7.94. The second kappa shape index (κ2) is 20.6. The molecule has 0 amide bonds. The molecule has 0 radical (unpaired) electrons. The molecule has 0 N–H and O–H groups in total. The van der Waals surface area contributed by atoms with Crippen LogP contribution in [0.1, 0.15) is 22.3 Å². The van der Waals surface area contributed by atoms with Crippen LogP contribution in [0.15, 0.2) is 328 Å². The fraction of sp³-hybridized carbons (Fsp3) is 0.0118. The maximum Gasteiger partial charge on any atom is 0.0720 e. The van der Waals surface area contributed by atoms with E-state index < -0.39 is 5.41 Å². The lowest BCUT2D eigenvalue weighted by atomic mass is 9.66. The van der Waals surface area contributed by atoms with Gasteiger partial charge >= 0.3 is 0 Å². The van der Waals surface area contributed by atoms with Gasteiger partial charge in [0, 0.05) is 53.7 Å². The zero-order valence-electron chi connectivity index (χ0n) is 48.4. The van der Waals surface area contributed by atoms with Crippen molar-refractivity contribution in [2.75, 3.05) is 9.80 Å². The van der Waals surface area contributed by atoms with E-state index >= 15 is 0 Å². The molecule has 0 aliphatic heterocycles. The SMILES string of the molecule is c1ccc(N(c2cccc(-c3ccc4c5c(c6ccccc6c4c3)-c3c(cc(-c4cccc(N(c6ccccc6)c6cccc7c6sc6ccccc67)c4)c4ccccc34)C5(c3ccccc3)c3ccccc3)c2)c2cccc3c2sc2ccccc23)cc1. The number of para-hydroxylation sites is 2. The molecule has 18 rings (SSSR count). The number of hydrogen-bond donors (Lipinski definition) is 0. The van der Waals surface area contributed by atoms with Gasteiger partial charge < -0.3 is 9.80 Å². The average Bonchev–Trinajstić information content (AvgIpc) is 1.53. The topological polar surface area (TPSA) is 6.48 Å². The Balaban J connectivity index is 0.864. The van der Waals surface area contributed by atoms with Gasteiger partial charge in [-0.25, -0.2) is 0 Å². The van der Waals surface area contributed by atoms with Crippen LogP contribution in [-0.2, 0) is 5.41 Å². The zero-order chi connectivity index (χ0) is 58.6. The predicted octanol–water partition coefficient (Wildman–Crippen LogP) is 24.5. The maximum atomic E-state index is 2.58. The highest BCUT2D eigenvalue weighted by Gasteiger charge is 2.49. The van der Waals surface area contributed by atoms with Crippen LogP contribution in [0.5, 0.6) is 0 Å². The Bertz CT molecular complexity index is 5590. The van der Waals surface area contributed by atoms with Gasteiger partial charge in [0.25, 0.3) is 0 Å². The first-order chi connectivity index (χ1) is 44.2. The monoisotopic (exact) mass is 1170 g/mol. The minimum absolute atomic E-state index is 0.732. The molecule has 15 aromatic carbocycles. The first-order valence-electron chi connectivity index (χ1n) is 30.6. The van der Waals surface area contributed by atoms with E-state index in [1.54, 1.807) is 0 Å². The minimum Gasteiger partial charge on any atom is -0.309 e. The van der Waals surface area contributed by atoms with E-state index in [1.165, 1.54) is 123 Å². The smallest absolute Gasteiger partial charge is 0.0720 e. The van der Waals surface area contributed by atoms with E-state index in [-0.39, 0.29) is 0 Å². The van der Waals surface area contributed by atoms with Gasteiger partial charge in [-0.3, -0.25) is 0 Å². The number of nitrogens with zero attached hydrogens (tertiary/aromatic N) is 2. The molecule has 0 fully saturated rings. The highest BCUT2D eigenvalue weighted by molar-refractivity contribution is 7.26. The summed E-state index contributed by atoms with van der Waals surface area (Å²) < 4.78 is 5.12. The molecule has 0 atom stereocenters. The van der Waals surface area contributed by atoms with Crippen LogP contribution in [0.25, 0.3) is 106 Å². The first kappa shape index (κ1) is 51.4. The van der Waals surface area contributed by atoms with Crippen LogP contribution in [0.3, 0.4) is 0 Å². The van der Waals surface area contributed by atoms with Gasteiger partial charge in [-0.05, 0) is 173 Å². The van der Waals surface area contributed by atoms with Crippen LogP contribution in [0.4, 0.5) is 34.1 Å².